The first-order valence-electron chi connectivity index (χ1n) is 5.86. The number of nitrogens with one attached hydrogen (secondary N) is 1. The first kappa shape index (κ1) is 14.0. The van der Waals surface area contributed by atoms with E-state index in [2.05, 4.69) is 5.32 Å². The summed E-state index contributed by atoms with van der Waals surface area (Å²) in [6, 6.07) is 4.15. The number of carboxylic acid groups (broad SMARTS) is 1. The molecule has 1 unspecified atom stereocenters. The molecule has 1 atom stereocenters. The average Bonchev–Trinajstić information content (AvgIpc) is 2.31. The normalized spacial score (nSPS) is 11.9. The topological polar surface area (TPSA) is 92.4 Å². The molecule has 98 valence electrons. The molecule has 0 saturated heterocycles. The lowest BCUT2D eigenvalue weighted by molar-refractivity contribution is -0.139. The van der Waals surface area contributed by atoms with Gasteiger partial charge >= 0.3 is 5.97 Å². The maximum absolute atomic E-state index is 12.0. The molecule has 0 radical (unpaired) electrons. The lowest BCUT2D eigenvalue weighted by atomic mass is 10.1. The Kier molecular flexibility index (Phi) is 4.71. The molecule has 0 saturated carbocycles. The summed E-state index contributed by atoms with van der Waals surface area (Å²) in [7, 11) is 0. The van der Waals surface area contributed by atoms with Crippen LogP contribution in [0.5, 0.6) is 0 Å². The summed E-state index contributed by atoms with van der Waals surface area (Å²) in [6.07, 6.45) is 1.09. The van der Waals surface area contributed by atoms with E-state index in [0.29, 0.717) is 29.7 Å². The van der Waals surface area contributed by atoms with Gasteiger partial charge in [-0.15, -0.1) is 0 Å². The molecule has 0 bridgehead atoms. The van der Waals surface area contributed by atoms with Crippen molar-refractivity contribution < 1.29 is 14.7 Å². The summed E-state index contributed by atoms with van der Waals surface area (Å²) in [5.74, 6) is -1.42. The molecule has 5 heteroatoms. The van der Waals surface area contributed by atoms with Gasteiger partial charge in [-0.3, -0.25) is 4.79 Å². The number of aliphatic carboxylic acids is 1. The van der Waals surface area contributed by atoms with Gasteiger partial charge in [0.15, 0.2) is 0 Å². The Labute approximate surface area is 106 Å². The van der Waals surface area contributed by atoms with Gasteiger partial charge in [0.1, 0.15) is 6.04 Å². The highest BCUT2D eigenvalue weighted by atomic mass is 16.4. The third-order valence-corrected chi connectivity index (χ3v) is 2.80. The van der Waals surface area contributed by atoms with Crippen molar-refractivity contribution in [1.82, 2.24) is 5.32 Å². The zero-order valence-corrected chi connectivity index (χ0v) is 10.6. The predicted octanol–water partition coefficient (Wildman–Crippen LogP) is 1.56. The van der Waals surface area contributed by atoms with Crippen molar-refractivity contribution in [2.24, 2.45) is 0 Å². The van der Waals surface area contributed by atoms with Crippen LogP contribution < -0.4 is 11.1 Å². The summed E-state index contributed by atoms with van der Waals surface area (Å²) >= 11 is 0. The number of hydrogen-bond acceptors (Lipinski definition) is 3. The van der Waals surface area contributed by atoms with E-state index in [0.717, 1.165) is 0 Å². The summed E-state index contributed by atoms with van der Waals surface area (Å²) in [4.78, 5) is 22.9. The quantitative estimate of drug-likeness (QED) is 0.691. The number of carbonyl (C=O) groups is 2. The van der Waals surface area contributed by atoms with Crippen molar-refractivity contribution in [3.05, 3.63) is 29.3 Å². The van der Waals surface area contributed by atoms with Crippen molar-refractivity contribution in [1.29, 1.82) is 0 Å². The van der Waals surface area contributed by atoms with Crippen molar-refractivity contribution in [2.45, 2.75) is 32.7 Å². The fourth-order valence-electron chi connectivity index (χ4n) is 1.68. The van der Waals surface area contributed by atoms with E-state index in [-0.39, 0.29) is 0 Å². The van der Waals surface area contributed by atoms with Crippen molar-refractivity contribution in [3.8, 4) is 0 Å². The zero-order chi connectivity index (χ0) is 13.7. The van der Waals surface area contributed by atoms with Gasteiger partial charge in [-0.1, -0.05) is 19.4 Å². The van der Waals surface area contributed by atoms with E-state index < -0.39 is 17.9 Å². The molecule has 0 heterocycles. The number of rotatable bonds is 5. The van der Waals surface area contributed by atoms with E-state index in [1.807, 2.05) is 6.92 Å². The van der Waals surface area contributed by atoms with Crippen LogP contribution in [0.2, 0.25) is 0 Å². The number of amides is 1. The highest BCUT2D eigenvalue weighted by Crippen LogP contribution is 2.15. The van der Waals surface area contributed by atoms with E-state index >= 15 is 0 Å². The Balaban J connectivity index is 2.87. The second-order valence-electron chi connectivity index (χ2n) is 4.17. The van der Waals surface area contributed by atoms with Crippen molar-refractivity contribution in [2.75, 3.05) is 5.73 Å². The second kappa shape index (κ2) is 6.05. The second-order valence-corrected chi connectivity index (χ2v) is 4.17. The van der Waals surface area contributed by atoms with E-state index in [1.165, 1.54) is 0 Å². The number of anilines is 1. The zero-order valence-electron chi connectivity index (χ0n) is 10.6. The Hall–Kier alpha value is -2.04. The molecule has 0 spiro atoms. The van der Waals surface area contributed by atoms with Gasteiger partial charge in [0.05, 0.1) is 0 Å². The molecule has 1 amide bonds. The average molecular weight is 250 g/mol. The third kappa shape index (κ3) is 3.23. The number of carbonyl (C=O) groups excluding carboxylic acids is 1. The monoisotopic (exact) mass is 250 g/mol. The molecule has 0 fully saturated rings. The Morgan fingerprint density at radius 3 is 2.67 bits per heavy atom. The van der Waals surface area contributed by atoms with Crippen molar-refractivity contribution in [3.63, 3.8) is 0 Å². The lowest BCUT2D eigenvalue weighted by Gasteiger charge is -2.15. The van der Waals surface area contributed by atoms with Crippen LogP contribution in [-0.4, -0.2) is 23.0 Å². The summed E-state index contributed by atoms with van der Waals surface area (Å²) in [5.41, 5.74) is 7.31. The van der Waals surface area contributed by atoms with E-state index in [9.17, 15) is 9.59 Å². The van der Waals surface area contributed by atoms with E-state index in [4.69, 9.17) is 10.8 Å². The van der Waals surface area contributed by atoms with Crippen LogP contribution in [-0.2, 0) is 4.79 Å². The Morgan fingerprint density at radius 2 is 2.11 bits per heavy atom. The van der Waals surface area contributed by atoms with Gasteiger partial charge in [0, 0.05) is 11.3 Å². The molecule has 1 aromatic rings. The molecule has 1 rings (SSSR count). The summed E-state index contributed by atoms with van der Waals surface area (Å²) in [5, 5.41) is 11.5. The maximum atomic E-state index is 12.0. The highest BCUT2D eigenvalue weighted by molar-refractivity contribution is 5.98. The predicted molar refractivity (Wildman–Crippen MR) is 69.4 cm³/mol. The number of hydrogen-bond donors (Lipinski definition) is 3. The van der Waals surface area contributed by atoms with Crippen LogP contribution in [0.15, 0.2) is 18.2 Å². The minimum Gasteiger partial charge on any atom is -0.480 e. The van der Waals surface area contributed by atoms with E-state index in [1.54, 1.807) is 25.1 Å². The third-order valence-electron chi connectivity index (χ3n) is 2.80. The molecule has 4 N–H and O–H groups in total. The number of benzene rings is 1. The Morgan fingerprint density at radius 1 is 1.44 bits per heavy atom. The van der Waals surface area contributed by atoms with Gasteiger partial charge in [0.25, 0.3) is 5.91 Å². The van der Waals surface area contributed by atoms with Gasteiger partial charge in [0.2, 0.25) is 0 Å². The molecule has 18 heavy (non-hydrogen) atoms. The standard InChI is InChI=1S/C13H18N2O3/c1-3-5-11(13(17)18)15-12(16)9-6-4-7-10(14)8(9)2/h4,6-7,11H,3,5,14H2,1-2H3,(H,15,16)(H,17,18). The molecule has 0 aromatic heterocycles. The fourth-order valence-corrected chi connectivity index (χ4v) is 1.68. The molecular formula is C13H18N2O3. The van der Waals surface area contributed by atoms with Gasteiger partial charge < -0.3 is 16.2 Å². The molecule has 1 aromatic carbocycles. The van der Waals surface area contributed by atoms with Crippen LogP contribution in [0, 0.1) is 6.92 Å². The van der Waals surface area contributed by atoms with Gasteiger partial charge in [-0.25, -0.2) is 4.79 Å². The fraction of sp³-hybridized carbons (Fsp3) is 0.385. The summed E-state index contributed by atoms with van der Waals surface area (Å²) < 4.78 is 0. The minimum atomic E-state index is -1.02. The van der Waals surface area contributed by atoms with Crippen LogP contribution in [0.1, 0.15) is 35.7 Å². The summed E-state index contributed by atoms with van der Waals surface area (Å²) in [6.45, 7) is 3.60. The molecule has 0 aliphatic heterocycles. The first-order valence-corrected chi connectivity index (χ1v) is 5.86. The maximum Gasteiger partial charge on any atom is 0.326 e. The van der Waals surface area contributed by atoms with Gasteiger partial charge in [-0.2, -0.15) is 0 Å². The van der Waals surface area contributed by atoms with Crippen LogP contribution in [0.4, 0.5) is 5.69 Å². The smallest absolute Gasteiger partial charge is 0.326 e. The highest BCUT2D eigenvalue weighted by Gasteiger charge is 2.20. The molecule has 5 nitrogen and oxygen atoms in total. The Bertz CT molecular complexity index is 458. The lowest BCUT2D eigenvalue weighted by Crippen LogP contribution is -2.40. The first-order chi connectivity index (χ1) is 8.47. The largest absolute Gasteiger partial charge is 0.480 e. The number of nitrogen functional groups attached to an aromatic ring is 1. The molecule has 0 aliphatic carbocycles. The van der Waals surface area contributed by atoms with Crippen LogP contribution >= 0.6 is 0 Å². The van der Waals surface area contributed by atoms with Crippen LogP contribution in [0.3, 0.4) is 0 Å². The molecular weight excluding hydrogens is 232 g/mol. The van der Waals surface area contributed by atoms with Crippen molar-refractivity contribution >= 4 is 17.6 Å². The van der Waals surface area contributed by atoms with Crippen LogP contribution in [0.25, 0.3) is 0 Å². The van der Waals surface area contributed by atoms with Gasteiger partial charge in [-0.05, 0) is 31.0 Å². The SMILES string of the molecule is CCCC(NC(=O)c1cccc(N)c1C)C(=O)O. The number of nitrogens with two attached hydrogens (primary N) is 1. The molecule has 0 aliphatic rings. The minimum absolute atomic E-state index is 0.402. The number of carboxylic acids is 1.